The lowest BCUT2D eigenvalue weighted by molar-refractivity contribution is -0.0651. The second-order valence-electron chi connectivity index (χ2n) is 8.78. The number of ether oxygens (including phenoxy) is 2. The van der Waals surface area contributed by atoms with E-state index in [2.05, 4.69) is 26.0 Å². The molecule has 23 heavy (non-hydrogen) atoms. The van der Waals surface area contributed by atoms with E-state index in [9.17, 15) is 0 Å². The van der Waals surface area contributed by atoms with Gasteiger partial charge in [0.1, 0.15) is 11.5 Å². The molecular weight excluding hydrogens is 284 g/mol. The van der Waals surface area contributed by atoms with Crippen molar-refractivity contribution in [3.63, 3.8) is 0 Å². The Kier molecular flexibility index (Phi) is 3.62. The SMILES string of the molecule is COc1cc(OC)cc(C(C)(C)C2C3CC4CC(C3)CC2C4)c1. The summed E-state index contributed by atoms with van der Waals surface area (Å²) in [6, 6.07) is 6.44. The van der Waals surface area contributed by atoms with Gasteiger partial charge in [-0.3, -0.25) is 0 Å². The van der Waals surface area contributed by atoms with Crippen LogP contribution in [0.2, 0.25) is 0 Å². The molecular formula is C21H30O2. The van der Waals surface area contributed by atoms with Crippen LogP contribution in [-0.4, -0.2) is 14.2 Å². The maximum atomic E-state index is 5.52. The van der Waals surface area contributed by atoms with Crippen molar-refractivity contribution in [3.8, 4) is 11.5 Å². The highest BCUT2D eigenvalue weighted by Gasteiger charge is 2.53. The van der Waals surface area contributed by atoms with Crippen molar-refractivity contribution in [2.75, 3.05) is 14.2 Å². The zero-order valence-electron chi connectivity index (χ0n) is 15.0. The number of rotatable bonds is 4. The van der Waals surface area contributed by atoms with E-state index in [4.69, 9.17) is 9.47 Å². The van der Waals surface area contributed by atoms with Gasteiger partial charge in [-0.15, -0.1) is 0 Å². The van der Waals surface area contributed by atoms with Crippen molar-refractivity contribution in [1.82, 2.24) is 0 Å². The third-order valence-electron chi connectivity index (χ3n) is 7.16. The normalized spacial score (nSPS) is 35.4. The highest BCUT2D eigenvalue weighted by atomic mass is 16.5. The second-order valence-corrected chi connectivity index (χ2v) is 8.78. The van der Waals surface area contributed by atoms with E-state index in [0.29, 0.717) is 0 Å². The summed E-state index contributed by atoms with van der Waals surface area (Å²) < 4.78 is 11.0. The molecule has 0 saturated heterocycles. The first-order valence-corrected chi connectivity index (χ1v) is 9.24. The van der Waals surface area contributed by atoms with Crippen LogP contribution in [-0.2, 0) is 5.41 Å². The van der Waals surface area contributed by atoms with E-state index in [1.165, 1.54) is 37.7 Å². The first-order chi connectivity index (χ1) is 11.0. The molecule has 0 atom stereocenters. The van der Waals surface area contributed by atoms with Crippen molar-refractivity contribution in [2.24, 2.45) is 29.6 Å². The largest absolute Gasteiger partial charge is 0.497 e. The van der Waals surface area contributed by atoms with Crippen molar-refractivity contribution in [2.45, 2.75) is 51.4 Å². The third kappa shape index (κ3) is 2.45. The van der Waals surface area contributed by atoms with Crippen LogP contribution < -0.4 is 9.47 Å². The van der Waals surface area contributed by atoms with Crippen molar-refractivity contribution in [1.29, 1.82) is 0 Å². The van der Waals surface area contributed by atoms with Crippen molar-refractivity contribution in [3.05, 3.63) is 23.8 Å². The average Bonchev–Trinajstić information content (AvgIpc) is 2.53. The monoisotopic (exact) mass is 314 g/mol. The lowest BCUT2D eigenvalue weighted by Crippen LogP contribution is -2.51. The molecule has 126 valence electrons. The molecule has 1 aromatic carbocycles. The molecule has 0 aliphatic heterocycles. The Morgan fingerprint density at radius 2 is 1.26 bits per heavy atom. The molecule has 2 heteroatoms. The molecule has 0 unspecified atom stereocenters. The average molecular weight is 314 g/mol. The minimum Gasteiger partial charge on any atom is -0.497 e. The third-order valence-corrected chi connectivity index (χ3v) is 7.16. The maximum absolute atomic E-state index is 5.52. The van der Waals surface area contributed by atoms with Crippen LogP contribution in [0.4, 0.5) is 0 Å². The summed E-state index contributed by atoms with van der Waals surface area (Å²) in [4.78, 5) is 0. The van der Waals surface area contributed by atoms with Gasteiger partial charge >= 0.3 is 0 Å². The van der Waals surface area contributed by atoms with Gasteiger partial charge in [-0.25, -0.2) is 0 Å². The number of hydrogen-bond acceptors (Lipinski definition) is 2. The molecule has 4 saturated carbocycles. The standard InChI is InChI=1S/C21H30O2/c1-21(2,17-10-18(22-3)12-19(11-17)23-4)20-15-6-13-5-14(8-15)9-16(20)7-13/h10-16,20H,5-9H2,1-4H3. The Labute approximate surface area is 140 Å². The molecule has 4 aliphatic rings. The van der Waals surface area contributed by atoms with Crippen molar-refractivity contribution >= 4 is 0 Å². The summed E-state index contributed by atoms with van der Waals surface area (Å²) in [7, 11) is 3.49. The van der Waals surface area contributed by atoms with E-state index in [-0.39, 0.29) is 5.41 Å². The van der Waals surface area contributed by atoms with E-state index in [1.807, 2.05) is 6.07 Å². The molecule has 0 aromatic heterocycles. The first kappa shape index (κ1) is 15.4. The molecule has 0 radical (unpaired) electrons. The van der Waals surface area contributed by atoms with E-state index >= 15 is 0 Å². The first-order valence-electron chi connectivity index (χ1n) is 9.24. The molecule has 0 amide bonds. The van der Waals surface area contributed by atoms with Gasteiger partial charge in [0, 0.05) is 6.07 Å². The van der Waals surface area contributed by atoms with Gasteiger partial charge in [-0.05, 0) is 84.8 Å². The van der Waals surface area contributed by atoms with Crippen LogP contribution in [0.1, 0.15) is 51.5 Å². The zero-order chi connectivity index (χ0) is 16.2. The highest BCUT2D eigenvalue weighted by Crippen LogP contribution is 2.61. The van der Waals surface area contributed by atoms with Crippen LogP contribution in [0.25, 0.3) is 0 Å². The van der Waals surface area contributed by atoms with Gasteiger partial charge in [-0.2, -0.15) is 0 Å². The topological polar surface area (TPSA) is 18.5 Å². The van der Waals surface area contributed by atoms with Crippen LogP contribution in [0, 0.1) is 29.6 Å². The Morgan fingerprint density at radius 3 is 1.70 bits per heavy atom. The fourth-order valence-corrected chi connectivity index (χ4v) is 6.48. The molecule has 0 spiro atoms. The summed E-state index contributed by atoms with van der Waals surface area (Å²) in [5, 5.41) is 0. The lowest BCUT2D eigenvalue weighted by Gasteiger charge is -2.59. The van der Waals surface area contributed by atoms with Gasteiger partial charge in [0.15, 0.2) is 0 Å². The quantitative estimate of drug-likeness (QED) is 0.774. The fourth-order valence-electron chi connectivity index (χ4n) is 6.48. The molecule has 5 rings (SSSR count). The fraction of sp³-hybridized carbons (Fsp3) is 0.714. The maximum Gasteiger partial charge on any atom is 0.122 e. The molecule has 1 aromatic rings. The van der Waals surface area contributed by atoms with Crippen molar-refractivity contribution < 1.29 is 9.47 Å². The molecule has 4 aliphatic carbocycles. The molecule has 4 bridgehead atoms. The van der Waals surface area contributed by atoms with E-state index in [1.54, 1.807) is 14.2 Å². The second kappa shape index (κ2) is 5.43. The smallest absolute Gasteiger partial charge is 0.122 e. The predicted molar refractivity (Wildman–Crippen MR) is 93.1 cm³/mol. The Morgan fingerprint density at radius 1 is 0.783 bits per heavy atom. The summed E-state index contributed by atoms with van der Waals surface area (Å²) in [6.45, 7) is 4.91. The van der Waals surface area contributed by atoms with Gasteiger partial charge in [-0.1, -0.05) is 13.8 Å². The summed E-state index contributed by atoms with van der Waals surface area (Å²) in [5.74, 6) is 6.56. The Balaban J connectivity index is 1.70. The van der Waals surface area contributed by atoms with Crippen LogP contribution in [0.3, 0.4) is 0 Å². The van der Waals surface area contributed by atoms with Gasteiger partial charge in [0.05, 0.1) is 14.2 Å². The lowest BCUT2D eigenvalue weighted by atomic mass is 9.46. The molecule has 0 heterocycles. The van der Waals surface area contributed by atoms with E-state index in [0.717, 1.165) is 41.1 Å². The number of methoxy groups -OCH3 is 2. The minimum atomic E-state index is 0.185. The van der Waals surface area contributed by atoms with Gasteiger partial charge < -0.3 is 9.47 Å². The minimum absolute atomic E-state index is 0.185. The van der Waals surface area contributed by atoms with Gasteiger partial charge in [0.2, 0.25) is 0 Å². The summed E-state index contributed by atoms with van der Waals surface area (Å²) in [5.41, 5.74) is 1.57. The van der Waals surface area contributed by atoms with E-state index < -0.39 is 0 Å². The Bertz CT molecular complexity index is 539. The number of benzene rings is 1. The highest BCUT2D eigenvalue weighted by molar-refractivity contribution is 5.42. The Hall–Kier alpha value is -1.18. The summed E-state index contributed by atoms with van der Waals surface area (Å²) in [6.07, 6.45) is 7.42. The number of hydrogen-bond donors (Lipinski definition) is 0. The van der Waals surface area contributed by atoms with Crippen LogP contribution in [0.15, 0.2) is 18.2 Å². The van der Waals surface area contributed by atoms with Gasteiger partial charge in [0.25, 0.3) is 0 Å². The predicted octanol–water partition coefficient (Wildman–Crippen LogP) is 5.05. The summed E-state index contributed by atoms with van der Waals surface area (Å²) >= 11 is 0. The van der Waals surface area contributed by atoms with Crippen LogP contribution in [0.5, 0.6) is 11.5 Å². The van der Waals surface area contributed by atoms with Crippen LogP contribution >= 0.6 is 0 Å². The molecule has 0 N–H and O–H groups in total. The molecule has 4 fully saturated rings. The zero-order valence-corrected chi connectivity index (χ0v) is 15.0. The molecule has 2 nitrogen and oxygen atoms in total.